The Morgan fingerprint density at radius 1 is 0.969 bits per heavy atom. The molecule has 3 amide bonds. The van der Waals surface area contributed by atoms with Crippen molar-refractivity contribution in [2.75, 3.05) is 31.3 Å². The minimum atomic E-state index is -0.730. The second-order valence-corrected chi connectivity index (χ2v) is 6.85. The first-order chi connectivity index (χ1) is 15.5. The molecule has 9 heteroatoms. The lowest BCUT2D eigenvalue weighted by atomic mass is 10.2. The normalized spacial score (nSPS) is 13.1. The number of carbonyl (C=O) groups excluding carboxylic acids is 4. The molecule has 0 radical (unpaired) electrons. The molecule has 32 heavy (non-hydrogen) atoms. The molecule has 9 nitrogen and oxygen atoms in total. The maximum absolute atomic E-state index is 12.2. The molecular formula is C23H24N2O7. The topological polar surface area (TPSA) is 111 Å². The summed E-state index contributed by atoms with van der Waals surface area (Å²) in [6.45, 7) is 2.50. The number of imide groups is 1. The molecule has 0 aliphatic carbocycles. The van der Waals surface area contributed by atoms with Gasteiger partial charge in [0.25, 0.3) is 5.91 Å². The lowest BCUT2D eigenvalue weighted by Gasteiger charge is -2.14. The van der Waals surface area contributed by atoms with Gasteiger partial charge < -0.3 is 19.5 Å². The van der Waals surface area contributed by atoms with E-state index in [4.69, 9.17) is 14.2 Å². The van der Waals surface area contributed by atoms with Crippen LogP contribution in [0.4, 0.5) is 5.69 Å². The number of nitrogens with zero attached hydrogens (tertiary/aromatic N) is 1. The van der Waals surface area contributed by atoms with Gasteiger partial charge in [0.1, 0.15) is 18.1 Å². The highest BCUT2D eigenvalue weighted by atomic mass is 16.5. The van der Waals surface area contributed by atoms with Gasteiger partial charge in [-0.2, -0.15) is 0 Å². The number of benzene rings is 2. The summed E-state index contributed by atoms with van der Waals surface area (Å²) < 4.78 is 15.9. The van der Waals surface area contributed by atoms with Gasteiger partial charge in [0.05, 0.1) is 24.4 Å². The molecule has 1 saturated heterocycles. The van der Waals surface area contributed by atoms with E-state index in [2.05, 4.69) is 5.32 Å². The molecule has 0 unspecified atom stereocenters. The van der Waals surface area contributed by atoms with E-state index < -0.39 is 18.5 Å². The first-order valence-electron chi connectivity index (χ1n) is 10.2. The Hall–Kier alpha value is -3.88. The number of esters is 1. The van der Waals surface area contributed by atoms with Crippen LogP contribution in [0.5, 0.6) is 11.5 Å². The van der Waals surface area contributed by atoms with Crippen LogP contribution in [0.1, 0.15) is 30.1 Å². The zero-order valence-electron chi connectivity index (χ0n) is 17.7. The maximum Gasteiger partial charge on any atom is 0.338 e. The molecule has 0 aromatic heterocycles. The van der Waals surface area contributed by atoms with Crippen LogP contribution in [-0.2, 0) is 19.1 Å². The Bertz CT molecular complexity index is 972. The van der Waals surface area contributed by atoms with Crippen LogP contribution < -0.4 is 19.7 Å². The maximum atomic E-state index is 12.2. The summed E-state index contributed by atoms with van der Waals surface area (Å²) in [6, 6.07) is 13.1. The van der Waals surface area contributed by atoms with Crippen molar-refractivity contribution in [1.29, 1.82) is 0 Å². The van der Waals surface area contributed by atoms with Crippen molar-refractivity contribution in [2.24, 2.45) is 0 Å². The van der Waals surface area contributed by atoms with E-state index in [0.717, 1.165) is 10.6 Å². The third-order valence-electron chi connectivity index (χ3n) is 4.55. The molecule has 1 N–H and O–H groups in total. The smallest absolute Gasteiger partial charge is 0.338 e. The Labute approximate surface area is 185 Å². The van der Waals surface area contributed by atoms with Crippen LogP contribution in [0.2, 0.25) is 0 Å². The molecular weight excluding hydrogens is 416 g/mol. The van der Waals surface area contributed by atoms with E-state index >= 15 is 0 Å². The van der Waals surface area contributed by atoms with Crippen LogP contribution in [-0.4, -0.2) is 50.1 Å². The summed E-state index contributed by atoms with van der Waals surface area (Å²) in [7, 11) is 0. The number of nitrogens with one attached hydrogen (secondary N) is 1. The summed E-state index contributed by atoms with van der Waals surface area (Å²) in [4.78, 5) is 48.9. The first-order valence-corrected chi connectivity index (χ1v) is 10.2. The van der Waals surface area contributed by atoms with Gasteiger partial charge in [-0.1, -0.05) is 6.07 Å². The lowest BCUT2D eigenvalue weighted by Crippen LogP contribution is -2.32. The molecule has 0 atom stereocenters. The van der Waals surface area contributed by atoms with Crippen LogP contribution in [0.25, 0.3) is 0 Å². The second-order valence-electron chi connectivity index (χ2n) is 6.85. The van der Waals surface area contributed by atoms with E-state index in [0.29, 0.717) is 18.0 Å². The molecule has 1 heterocycles. The van der Waals surface area contributed by atoms with E-state index in [1.165, 1.54) is 12.1 Å². The largest absolute Gasteiger partial charge is 0.494 e. The van der Waals surface area contributed by atoms with Crippen molar-refractivity contribution in [3.63, 3.8) is 0 Å². The van der Waals surface area contributed by atoms with Gasteiger partial charge in [-0.25, -0.2) is 4.79 Å². The van der Waals surface area contributed by atoms with Crippen molar-refractivity contribution >= 4 is 29.4 Å². The third-order valence-corrected chi connectivity index (χ3v) is 4.55. The lowest BCUT2D eigenvalue weighted by molar-refractivity contribution is -0.124. The molecule has 0 saturated carbocycles. The van der Waals surface area contributed by atoms with E-state index in [1.807, 2.05) is 6.92 Å². The van der Waals surface area contributed by atoms with Gasteiger partial charge in [-0.15, -0.1) is 0 Å². The fraction of sp³-hybridized carbons (Fsp3) is 0.304. The Morgan fingerprint density at radius 2 is 1.62 bits per heavy atom. The molecule has 3 rings (SSSR count). The number of amides is 3. The summed E-state index contributed by atoms with van der Waals surface area (Å²) >= 11 is 0. The van der Waals surface area contributed by atoms with E-state index in [-0.39, 0.29) is 43.4 Å². The van der Waals surface area contributed by atoms with Crippen LogP contribution >= 0.6 is 0 Å². The SMILES string of the molecule is CCOc1ccc(OCCNC(=O)COC(=O)c2cccc(N3C(=O)CCC3=O)c2)cc1. The van der Waals surface area contributed by atoms with Crippen LogP contribution in [0, 0.1) is 0 Å². The van der Waals surface area contributed by atoms with Gasteiger partial charge in [-0.3, -0.25) is 19.3 Å². The molecule has 1 fully saturated rings. The van der Waals surface area contributed by atoms with Gasteiger partial charge in [-0.05, 0) is 49.4 Å². The third kappa shape index (κ3) is 6.07. The van der Waals surface area contributed by atoms with Crippen molar-refractivity contribution in [3.05, 3.63) is 54.1 Å². The average Bonchev–Trinajstić information content (AvgIpc) is 3.14. The zero-order chi connectivity index (χ0) is 22.9. The Morgan fingerprint density at radius 3 is 2.28 bits per heavy atom. The van der Waals surface area contributed by atoms with Gasteiger partial charge in [0.2, 0.25) is 11.8 Å². The number of anilines is 1. The highest BCUT2D eigenvalue weighted by molar-refractivity contribution is 6.20. The highest BCUT2D eigenvalue weighted by Crippen LogP contribution is 2.23. The van der Waals surface area contributed by atoms with Crippen molar-refractivity contribution in [3.8, 4) is 11.5 Å². The molecule has 168 valence electrons. The van der Waals surface area contributed by atoms with Gasteiger partial charge >= 0.3 is 5.97 Å². The minimum Gasteiger partial charge on any atom is -0.494 e. The fourth-order valence-corrected chi connectivity index (χ4v) is 3.06. The number of hydrogen-bond donors (Lipinski definition) is 1. The highest BCUT2D eigenvalue weighted by Gasteiger charge is 2.30. The van der Waals surface area contributed by atoms with Crippen molar-refractivity contribution in [1.82, 2.24) is 5.32 Å². The summed E-state index contributed by atoms with van der Waals surface area (Å²) in [5, 5.41) is 2.60. The predicted molar refractivity (Wildman–Crippen MR) is 115 cm³/mol. The van der Waals surface area contributed by atoms with Crippen molar-refractivity contribution < 1.29 is 33.4 Å². The van der Waals surface area contributed by atoms with E-state index in [9.17, 15) is 19.2 Å². The number of rotatable bonds is 10. The number of hydrogen-bond acceptors (Lipinski definition) is 7. The monoisotopic (exact) mass is 440 g/mol. The summed E-state index contributed by atoms with van der Waals surface area (Å²) in [5.74, 6) is -0.441. The Balaban J connectivity index is 1.40. The molecule has 1 aliphatic heterocycles. The quantitative estimate of drug-likeness (QED) is 0.342. The number of carbonyl (C=O) groups is 4. The average molecular weight is 440 g/mol. The number of ether oxygens (including phenoxy) is 3. The minimum absolute atomic E-state index is 0.140. The summed E-state index contributed by atoms with van der Waals surface area (Å²) in [5.41, 5.74) is 0.449. The standard InChI is InChI=1S/C23H24N2O7/c1-2-30-18-6-8-19(9-7-18)31-13-12-24-20(26)15-32-23(29)16-4-3-5-17(14-16)25-21(27)10-11-22(25)28/h3-9,14H,2,10-13,15H2,1H3,(H,24,26). The molecule has 0 bridgehead atoms. The van der Waals surface area contributed by atoms with Gasteiger partial charge in [0, 0.05) is 12.8 Å². The zero-order valence-corrected chi connectivity index (χ0v) is 17.7. The predicted octanol–water partition coefficient (Wildman–Crippen LogP) is 2.09. The molecule has 2 aromatic carbocycles. The summed E-state index contributed by atoms with van der Waals surface area (Å²) in [6.07, 6.45) is 0.298. The van der Waals surface area contributed by atoms with Gasteiger partial charge in [0.15, 0.2) is 6.61 Å². The fourth-order valence-electron chi connectivity index (χ4n) is 3.06. The van der Waals surface area contributed by atoms with Crippen LogP contribution in [0.15, 0.2) is 48.5 Å². The second kappa shape index (κ2) is 10.9. The molecule has 1 aliphatic rings. The van der Waals surface area contributed by atoms with Crippen molar-refractivity contribution in [2.45, 2.75) is 19.8 Å². The molecule has 0 spiro atoms. The Kier molecular flexibility index (Phi) is 7.80. The van der Waals surface area contributed by atoms with Crippen LogP contribution in [0.3, 0.4) is 0 Å². The molecule has 2 aromatic rings. The van der Waals surface area contributed by atoms with E-state index in [1.54, 1.807) is 36.4 Å². The first kappa shape index (κ1) is 22.8.